The Kier molecular flexibility index (Phi) is 2.28. The molecule has 1 aromatic rings. The molecule has 1 heterocycles. The fourth-order valence-electron chi connectivity index (χ4n) is 0.823. The summed E-state index contributed by atoms with van der Waals surface area (Å²) in [7, 11) is 0. The fourth-order valence-corrected chi connectivity index (χ4v) is 0.823. The van der Waals surface area contributed by atoms with E-state index in [1.807, 2.05) is 0 Å². The molecule has 0 saturated carbocycles. The highest BCUT2D eigenvalue weighted by Crippen LogP contribution is 2.30. The van der Waals surface area contributed by atoms with Crippen LogP contribution in [0.5, 0.6) is 5.75 Å². The first-order chi connectivity index (χ1) is 6.06. The van der Waals surface area contributed by atoms with Crippen molar-refractivity contribution in [2.45, 2.75) is 6.43 Å². The van der Waals surface area contributed by atoms with Crippen molar-refractivity contribution < 1.29 is 13.9 Å². The summed E-state index contributed by atoms with van der Waals surface area (Å²) in [5, 5.41) is 17.4. The standard InChI is InChI=1S/C7H5F2N3O/c8-7(9)3-1-5(11)12-4(2-10)6(3)13/h1,7,13H,(H2,11,12). The number of aromatic nitrogens is 1. The monoisotopic (exact) mass is 185 g/mol. The Morgan fingerprint density at radius 2 is 2.23 bits per heavy atom. The van der Waals surface area contributed by atoms with E-state index in [9.17, 15) is 8.78 Å². The molecule has 0 fully saturated rings. The topological polar surface area (TPSA) is 82.9 Å². The molecule has 3 N–H and O–H groups in total. The maximum absolute atomic E-state index is 12.2. The van der Waals surface area contributed by atoms with E-state index in [2.05, 4.69) is 4.98 Å². The van der Waals surface area contributed by atoms with Gasteiger partial charge < -0.3 is 10.8 Å². The SMILES string of the molecule is N#Cc1nc(N)cc(C(F)F)c1O. The lowest BCUT2D eigenvalue weighted by molar-refractivity contribution is 0.147. The van der Waals surface area contributed by atoms with Gasteiger partial charge in [0.2, 0.25) is 0 Å². The number of nitriles is 1. The van der Waals surface area contributed by atoms with Crippen LogP contribution in [0.25, 0.3) is 0 Å². The maximum Gasteiger partial charge on any atom is 0.267 e. The van der Waals surface area contributed by atoms with Gasteiger partial charge in [-0.3, -0.25) is 0 Å². The van der Waals surface area contributed by atoms with Gasteiger partial charge in [-0.1, -0.05) is 0 Å². The first-order valence-corrected chi connectivity index (χ1v) is 3.24. The van der Waals surface area contributed by atoms with Crippen LogP contribution >= 0.6 is 0 Å². The molecule has 0 spiro atoms. The number of pyridine rings is 1. The minimum absolute atomic E-state index is 0.218. The van der Waals surface area contributed by atoms with E-state index in [0.717, 1.165) is 6.07 Å². The molecule has 0 aliphatic heterocycles. The van der Waals surface area contributed by atoms with E-state index in [1.165, 1.54) is 6.07 Å². The van der Waals surface area contributed by atoms with Crippen molar-refractivity contribution in [1.29, 1.82) is 5.26 Å². The van der Waals surface area contributed by atoms with Crippen LogP contribution in [0.1, 0.15) is 17.7 Å². The second-order valence-electron chi connectivity index (χ2n) is 2.25. The highest BCUT2D eigenvalue weighted by atomic mass is 19.3. The molecule has 0 atom stereocenters. The van der Waals surface area contributed by atoms with E-state index in [-0.39, 0.29) is 5.82 Å². The van der Waals surface area contributed by atoms with Crippen LogP contribution in [0, 0.1) is 11.3 Å². The van der Waals surface area contributed by atoms with Crippen molar-refractivity contribution in [3.8, 4) is 11.8 Å². The van der Waals surface area contributed by atoms with Gasteiger partial charge in [0.1, 0.15) is 11.9 Å². The number of nitrogens with two attached hydrogens (primary N) is 1. The van der Waals surface area contributed by atoms with Gasteiger partial charge in [-0.2, -0.15) is 5.26 Å². The third kappa shape index (κ3) is 1.64. The smallest absolute Gasteiger partial charge is 0.267 e. The molecule has 0 radical (unpaired) electrons. The van der Waals surface area contributed by atoms with Gasteiger partial charge in [0.05, 0.1) is 5.56 Å². The van der Waals surface area contributed by atoms with Crippen LogP contribution in [0.15, 0.2) is 6.07 Å². The second-order valence-corrected chi connectivity index (χ2v) is 2.25. The van der Waals surface area contributed by atoms with Crippen molar-refractivity contribution in [3.63, 3.8) is 0 Å². The number of anilines is 1. The fraction of sp³-hybridized carbons (Fsp3) is 0.143. The molecular formula is C7H5F2N3O. The van der Waals surface area contributed by atoms with E-state index in [4.69, 9.17) is 16.1 Å². The molecule has 0 bridgehead atoms. The van der Waals surface area contributed by atoms with Crippen molar-refractivity contribution in [2.75, 3.05) is 5.73 Å². The molecule has 0 aromatic carbocycles. The Bertz CT molecular complexity index is 373. The van der Waals surface area contributed by atoms with Crippen molar-refractivity contribution in [2.24, 2.45) is 0 Å². The molecule has 0 unspecified atom stereocenters. The summed E-state index contributed by atoms with van der Waals surface area (Å²) in [4.78, 5) is 3.37. The Labute approximate surface area is 72.2 Å². The third-order valence-electron chi connectivity index (χ3n) is 1.38. The number of nitrogen functional groups attached to an aromatic ring is 1. The zero-order valence-corrected chi connectivity index (χ0v) is 6.33. The zero-order valence-electron chi connectivity index (χ0n) is 6.33. The van der Waals surface area contributed by atoms with Crippen LogP contribution in [-0.4, -0.2) is 10.1 Å². The molecule has 0 aliphatic carbocycles. The van der Waals surface area contributed by atoms with E-state index in [0.29, 0.717) is 0 Å². The maximum atomic E-state index is 12.2. The Balaban J connectivity index is 3.38. The van der Waals surface area contributed by atoms with Gasteiger partial charge in [0.15, 0.2) is 11.4 Å². The highest BCUT2D eigenvalue weighted by Gasteiger charge is 2.17. The normalized spacial score (nSPS) is 10.0. The summed E-state index contributed by atoms with van der Waals surface area (Å²) in [6.45, 7) is 0. The number of halogens is 2. The van der Waals surface area contributed by atoms with Crippen LogP contribution < -0.4 is 5.73 Å². The third-order valence-corrected chi connectivity index (χ3v) is 1.38. The van der Waals surface area contributed by atoms with Crippen LogP contribution in [0.4, 0.5) is 14.6 Å². The number of aromatic hydroxyl groups is 1. The molecule has 13 heavy (non-hydrogen) atoms. The summed E-state index contributed by atoms with van der Waals surface area (Å²) in [6.07, 6.45) is -2.88. The minimum Gasteiger partial charge on any atom is -0.505 e. The Morgan fingerprint density at radius 1 is 1.62 bits per heavy atom. The van der Waals surface area contributed by atoms with Gasteiger partial charge in [-0.15, -0.1) is 0 Å². The predicted molar refractivity (Wildman–Crippen MR) is 40.0 cm³/mol. The zero-order chi connectivity index (χ0) is 10.0. The number of hydrogen-bond donors (Lipinski definition) is 2. The first kappa shape index (κ1) is 9.19. The summed E-state index contributed by atoms with van der Waals surface area (Å²) in [5.74, 6) is -1.03. The van der Waals surface area contributed by atoms with E-state index < -0.39 is 23.4 Å². The molecule has 6 heteroatoms. The van der Waals surface area contributed by atoms with Gasteiger partial charge in [-0.05, 0) is 6.07 Å². The Morgan fingerprint density at radius 3 is 2.69 bits per heavy atom. The largest absolute Gasteiger partial charge is 0.505 e. The summed E-state index contributed by atoms with van der Waals surface area (Å²) >= 11 is 0. The molecule has 1 rings (SSSR count). The van der Waals surface area contributed by atoms with Crippen LogP contribution in [0.3, 0.4) is 0 Å². The van der Waals surface area contributed by atoms with Crippen molar-refractivity contribution in [3.05, 3.63) is 17.3 Å². The quantitative estimate of drug-likeness (QED) is 0.688. The molecule has 0 saturated heterocycles. The highest BCUT2D eigenvalue weighted by molar-refractivity contribution is 5.49. The summed E-state index contributed by atoms with van der Waals surface area (Å²) in [5.41, 5.74) is 3.97. The van der Waals surface area contributed by atoms with E-state index >= 15 is 0 Å². The van der Waals surface area contributed by atoms with Gasteiger partial charge in [-0.25, -0.2) is 13.8 Å². The van der Waals surface area contributed by atoms with Gasteiger partial charge in [0.25, 0.3) is 6.43 Å². The summed E-state index contributed by atoms with van der Waals surface area (Å²) < 4.78 is 24.3. The molecule has 0 amide bonds. The predicted octanol–water partition coefficient (Wildman–Crippen LogP) is 1.18. The van der Waals surface area contributed by atoms with Crippen LogP contribution in [0.2, 0.25) is 0 Å². The number of rotatable bonds is 1. The first-order valence-electron chi connectivity index (χ1n) is 3.24. The molecule has 1 aromatic heterocycles. The van der Waals surface area contributed by atoms with E-state index in [1.54, 1.807) is 0 Å². The lowest BCUT2D eigenvalue weighted by Gasteiger charge is -2.04. The van der Waals surface area contributed by atoms with Gasteiger partial charge in [0, 0.05) is 0 Å². The van der Waals surface area contributed by atoms with Crippen molar-refractivity contribution >= 4 is 5.82 Å². The minimum atomic E-state index is -2.88. The lowest BCUT2D eigenvalue weighted by Crippen LogP contribution is -1.97. The number of hydrogen-bond acceptors (Lipinski definition) is 4. The molecule has 68 valence electrons. The van der Waals surface area contributed by atoms with Crippen molar-refractivity contribution in [1.82, 2.24) is 4.98 Å². The second kappa shape index (κ2) is 3.23. The Hall–Kier alpha value is -1.90. The van der Waals surface area contributed by atoms with Crippen LogP contribution in [-0.2, 0) is 0 Å². The molecular weight excluding hydrogens is 180 g/mol. The number of nitrogens with zero attached hydrogens (tertiary/aromatic N) is 2. The average molecular weight is 185 g/mol. The molecule has 4 nitrogen and oxygen atoms in total. The summed E-state index contributed by atoms with van der Waals surface area (Å²) in [6, 6.07) is 2.29. The lowest BCUT2D eigenvalue weighted by atomic mass is 10.2. The number of alkyl halides is 2. The van der Waals surface area contributed by atoms with Gasteiger partial charge >= 0.3 is 0 Å². The average Bonchev–Trinajstić information content (AvgIpc) is 2.08. The molecule has 0 aliphatic rings.